The van der Waals surface area contributed by atoms with E-state index in [2.05, 4.69) is 20.8 Å². The molecule has 0 unspecified atom stereocenters. The minimum atomic E-state index is -0.539. The summed E-state index contributed by atoms with van der Waals surface area (Å²) in [5.74, 6) is -0.594. The summed E-state index contributed by atoms with van der Waals surface area (Å²) in [4.78, 5) is 12.1. The van der Waals surface area contributed by atoms with E-state index in [9.17, 15) is 9.18 Å². The fraction of sp³-hybridized carbons (Fsp3) is 0.0556. The highest BCUT2D eigenvalue weighted by atomic mass is 35.5. The molecule has 0 atom stereocenters. The molecule has 0 aliphatic rings. The van der Waals surface area contributed by atoms with E-state index in [4.69, 9.17) is 11.6 Å². The molecule has 0 radical (unpaired) electrons. The Morgan fingerprint density at radius 1 is 1.08 bits per heavy atom. The fourth-order valence-corrected chi connectivity index (χ4v) is 2.27. The van der Waals surface area contributed by atoms with Crippen LogP contribution in [0.15, 0.2) is 54.6 Å². The van der Waals surface area contributed by atoms with Crippen molar-refractivity contribution in [1.82, 2.24) is 10.2 Å². The monoisotopic (exact) mass is 356 g/mol. The lowest BCUT2D eigenvalue weighted by Gasteiger charge is -2.08. The van der Waals surface area contributed by atoms with Crippen molar-refractivity contribution < 1.29 is 9.18 Å². The van der Waals surface area contributed by atoms with Gasteiger partial charge in [-0.05, 0) is 48.9 Å². The highest BCUT2D eigenvalue weighted by Crippen LogP contribution is 2.22. The van der Waals surface area contributed by atoms with Crippen LogP contribution in [-0.4, -0.2) is 16.1 Å². The Bertz CT molecular complexity index is 915. The summed E-state index contributed by atoms with van der Waals surface area (Å²) < 4.78 is 13.6. The van der Waals surface area contributed by atoms with Crippen molar-refractivity contribution in [1.29, 1.82) is 0 Å². The molecule has 25 heavy (non-hydrogen) atoms. The van der Waals surface area contributed by atoms with Gasteiger partial charge in [-0.25, -0.2) is 4.39 Å². The largest absolute Gasteiger partial charge is 0.339 e. The third-order valence-electron chi connectivity index (χ3n) is 3.46. The quantitative estimate of drug-likeness (QED) is 0.718. The minimum absolute atomic E-state index is 0.0794. The van der Waals surface area contributed by atoms with Crippen molar-refractivity contribution in [2.45, 2.75) is 6.92 Å². The van der Waals surface area contributed by atoms with Crippen LogP contribution in [0.5, 0.6) is 0 Å². The lowest BCUT2D eigenvalue weighted by atomic mass is 10.2. The SMILES string of the molecule is Cc1ccc(Nc2ccc(C(=O)Nc3ccccc3F)nn2)cc1Cl. The average molecular weight is 357 g/mol. The van der Waals surface area contributed by atoms with Crippen molar-refractivity contribution >= 4 is 34.7 Å². The molecule has 2 aromatic carbocycles. The molecule has 1 heterocycles. The van der Waals surface area contributed by atoms with Crippen molar-refractivity contribution in [3.63, 3.8) is 0 Å². The summed E-state index contributed by atoms with van der Waals surface area (Å²) in [6.07, 6.45) is 0. The number of para-hydroxylation sites is 1. The zero-order valence-corrected chi connectivity index (χ0v) is 14.0. The van der Waals surface area contributed by atoms with Crippen LogP contribution in [0.4, 0.5) is 21.6 Å². The molecule has 0 aliphatic carbocycles. The van der Waals surface area contributed by atoms with Crippen LogP contribution in [0.25, 0.3) is 0 Å². The average Bonchev–Trinajstić information content (AvgIpc) is 2.61. The Morgan fingerprint density at radius 3 is 2.56 bits per heavy atom. The number of hydrogen-bond acceptors (Lipinski definition) is 4. The van der Waals surface area contributed by atoms with Crippen LogP contribution < -0.4 is 10.6 Å². The number of amides is 1. The van der Waals surface area contributed by atoms with Crippen LogP contribution in [-0.2, 0) is 0 Å². The van der Waals surface area contributed by atoms with Gasteiger partial charge in [0.05, 0.1) is 5.69 Å². The summed E-state index contributed by atoms with van der Waals surface area (Å²) in [6.45, 7) is 1.91. The molecule has 3 rings (SSSR count). The molecule has 0 saturated carbocycles. The number of anilines is 3. The third-order valence-corrected chi connectivity index (χ3v) is 3.87. The number of carbonyl (C=O) groups excluding carboxylic acids is 1. The third kappa shape index (κ3) is 4.10. The summed E-state index contributed by atoms with van der Waals surface area (Å²) >= 11 is 6.08. The van der Waals surface area contributed by atoms with E-state index in [0.29, 0.717) is 10.8 Å². The molecule has 0 spiro atoms. The summed E-state index contributed by atoms with van der Waals surface area (Å²) in [5.41, 5.74) is 1.90. The molecule has 3 aromatic rings. The molecular weight excluding hydrogens is 343 g/mol. The lowest BCUT2D eigenvalue weighted by Crippen LogP contribution is -2.15. The Kier molecular flexibility index (Phi) is 4.90. The van der Waals surface area contributed by atoms with Gasteiger partial charge < -0.3 is 10.6 Å². The molecule has 1 aromatic heterocycles. The van der Waals surface area contributed by atoms with Gasteiger partial charge in [-0.2, -0.15) is 0 Å². The van der Waals surface area contributed by atoms with Crippen molar-refractivity contribution in [3.8, 4) is 0 Å². The number of aryl methyl sites for hydroxylation is 1. The van der Waals surface area contributed by atoms with Crippen LogP contribution >= 0.6 is 11.6 Å². The molecule has 5 nitrogen and oxygen atoms in total. The van der Waals surface area contributed by atoms with Gasteiger partial charge in [-0.3, -0.25) is 4.79 Å². The number of nitrogens with one attached hydrogen (secondary N) is 2. The molecule has 1 amide bonds. The highest BCUT2D eigenvalue weighted by Gasteiger charge is 2.11. The van der Waals surface area contributed by atoms with Gasteiger partial charge in [0.1, 0.15) is 5.82 Å². The molecule has 126 valence electrons. The zero-order valence-electron chi connectivity index (χ0n) is 13.3. The number of rotatable bonds is 4. The van der Waals surface area contributed by atoms with Gasteiger partial charge in [0, 0.05) is 10.7 Å². The van der Waals surface area contributed by atoms with Gasteiger partial charge in [-0.15, -0.1) is 10.2 Å². The van der Waals surface area contributed by atoms with E-state index in [1.54, 1.807) is 24.3 Å². The number of benzene rings is 2. The Labute approximate surface area is 148 Å². The maximum atomic E-state index is 13.6. The lowest BCUT2D eigenvalue weighted by molar-refractivity contribution is 0.102. The van der Waals surface area contributed by atoms with Crippen molar-refractivity contribution in [2.75, 3.05) is 10.6 Å². The second kappa shape index (κ2) is 7.27. The normalized spacial score (nSPS) is 10.4. The van der Waals surface area contributed by atoms with Gasteiger partial charge in [0.25, 0.3) is 5.91 Å². The van der Waals surface area contributed by atoms with Crippen molar-refractivity contribution in [3.05, 3.63) is 76.7 Å². The van der Waals surface area contributed by atoms with Crippen LogP contribution in [0.1, 0.15) is 16.1 Å². The molecule has 0 bridgehead atoms. The topological polar surface area (TPSA) is 66.9 Å². The first kappa shape index (κ1) is 16.9. The number of halogens is 2. The molecule has 7 heteroatoms. The molecule has 0 saturated heterocycles. The Balaban J connectivity index is 1.70. The first-order valence-corrected chi connectivity index (χ1v) is 7.83. The second-order valence-electron chi connectivity index (χ2n) is 5.33. The van der Waals surface area contributed by atoms with Gasteiger partial charge in [0.15, 0.2) is 11.5 Å². The maximum Gasteiger partial charge on any atom is 0.276 e. The van der Waals surface area contributed by atoms with Crippen molar-refractivity contribution in [2.24, 2.45) is 0 Å². The van der Waals surface area contributed by atoms with Crippen LogP contribution in [0.3, 0.4) is 0 Å². The Hall–Kier alpha value is -2.99. The van der Waals surface area contributed by atoms with Crippen LogP contribution in [0, 0.1) is 12.7 Å². The maximum absolute atomic E-state index is 13.6. The van der Waals surface area contributed by atoms with Gasteiger partial charge >= 0.3 is 0 Å². The van der Waals surface area contributed by atoms with Gasteiger partial charge in [0.2, 0.25) is 0 Å². The number of nitrogens with zero attached hydrogens (tertiary/aromatic N) is 2. The van der Waals surface area contributed by atoms with E-state index >= 15 is 0 Å². The molecular formula is C18H14ClFN4O. The predicted molar refractivity (Wildman–Crippen MR) is 95.9 cm³/mol. The Morgan fingerprint density at radius 2 is 1.88 bits per heavy atom. The second-order valence-corrected chi connectivity index (χ2v) is 5.73. The summed E-state index contributed by atoms with van der Waals surface area (Å²) in [6, 6.07) is 14.5. The first-order chi connectivity index (χ1) is 12.0. The van der Waals surface area contributed by atoms with E-state index < -0.39 is 11.7 Å². The predicted octanol–water partition coefficient (Wildman–Crippen LogP) is 4.57. The van der Waals surface area contributed by atoms with E-state index in [-0.39, 0.29) is 11.4 Å². The van der Waals surface area contributed by atoms with E-state index in [1.807, 2.05) is 19.1 Å². The van der Waals surface area contributed by atoms with Crippen LogP contribution in [0.2, 0.25) is 5.02 Å². The highest BCUT2D eigenvalue weighted by molar-refractivity contribution is 6.31. The summed E-state index contributed by atoms with van der Waals surface area (Å²) in [7, 11) is 0. The standard InChI is InChI=1S/C18H14ClFN4O/c1-11-6-7-12(10-13(11)19)21-17-9-8-16(23-24-17)18(25)22-15-5-3-2-4-14(15)20/h2-10H,1H3,(H,21,24)(H,22,25). The zero-order chi connectivity index (χ0) is 17.8. The minimum Gasteiger partial charge on any atom is -0.339 e. The number of hydrogen-bond donors (Lipinski definition) is 2. The smallest absolute Gasteiger partial charge is 0.276 e. The number of aromatic nitrogens is 2. The first-order valence-electron chi connectivity index (χ1n) is 7.46. The van der Waals surface area contributed by atoms with Gasteiger partial charge in [-0.1, -0.05) is 29.8 Å². The van der Waals surface area contributed by atoms with E-state index in [1.165, 1.54) is 18.2 Å². The number of carbonyl (C=O) groups is 1. The molecule has 0 aliphatic heterocycles. The fourth-order valence-electron chi connectivity index (χ4n) is 2.09. The molecule has 0 fully saturated rings. The van der Waals surface area contributed by atoms with E-state index in [0.717, 1.165) is 11.3 Å². The summed E-state index contributed by atoms with van der Waals surface area (Å²) in [5, 5.41) is 14.0. The molecule has 2 N–H and O–H groups in total.